The lowest BCUT2D eigenvalue weighted by molar-refractivity contribution is 0.414. The van der Waals surface area contributed by atoms with Gasteiger partial charge in [-0.05, 0) is 42.0 Å². The number of rotatable bonds is 4. The van der Waals surface area contributed by atoms with E-state index in [2.05, 4.69) is 0 Å². The largest absolute Gasteiger partial charge is 0.497 e. The quantitative estimate of drug-likeness (QED) is 0.772. The number of methoxy groups -OCH3 is 2. The molecule has 0 saturated carbocycles. The van der Waals surface area contributed by atoms with Gasteiger partial charge in [-0.2, -0.15) is 0 Å². The number of benzene rings is 2. The van der Waals surface area contributed by atoms with Gasteiger partial charge in [-0.15, -0.1) is 0 Å². The molecule has 0 atom stereocenters. The summed E-state index contributed by atoms with van der Waals surface area (Å²) in [6.45, 7) is 0.532. The lowest BCUT2D eigenvalue weighted by Crippen LogP contribution is -2.36. The molecule has 0 unspecified atom stereocenters. The lowest BCUT2D eigenvalue weighted by Gasteiger charge is -2.29. The van der Waals surface area contributed by atoms with E-state index in [0.717, 1.165) is 11.3 Å². The van der Waals surface area contributed by atoms with Crippen LogP contribution < -0.4 is 9.47 Å². The van der Waals surface area contributed by atoms with E-state index in [1.165, 1.54) is 17.5 Å². The fraction of sp³-hybridized carbons (Fsp3) is 0.190. The SMILES string of the molecule is COc1ccc(CN2C=CC=C3C2=Nc2cc(OC)ccc2S(=O)(=O)N3C)cc1. The molecule has 0 bridgehead atoms. The fourth-order valence-corrected chi connectivity index (χ4v) is 4.58. The summed E-state index contributed by atoms with van der Waals surface area (Å²) in [5.41, 5.74) is 1.90. The first-order valence-corrected chi connectivity index (χ1v) is 10.4. The third kappa shape index (κ3) is 3.36. The van der Waals surface area contributed by atoms with E-state index in [4.69, 9.17) is 14.5 Å². The predicted octanol–water partition coefficient (Wildman–Crippen LogP) is 3.28. The van der Waals surface area contributed by atoms with Crippen molar-refractivity contribution < 1.29 is 17.9 Å². The minimum atomic E-state index is -3.74. The molecule has 29 heavy (non-hydrogen) atoms. The van der Waals surface area contributed by atoms with Crippen LogP contribution in [0.15, 0.2) is 76.4 Å². The molecule has 0 saturated heterocycles. The summed E-state index contributed by atoms with van der Waals surface area (Å²) in [6, 6.07) is 12.5. The third-order valence-electron chi connectivity index (χ3n) is 4.90. The average Bonchev–Trinajstić information content (AvgIpc) is 2.82. The van der Waals surface area contributed by atoms with Gasteiger partial charge in [0.1, 0.15) is 16.4 Å². The summed E-state index contributed by atoms with van der Waals surface area (Å²) in [4.78, 5) is 6.80. The minimum Gasteiger partial charge on any atom is -0.497 e. The van der Waals surface area contributed by atoms with E-state index in [1.54, 1.807) is 32.4 Å². The van der Waals surface area contributed by atoms with Gasteiger partial charge in [-0.1, -0.05) is 12.1 Å². The Morgan fingerprint density at radius 1 is 1.00 bits per heavy atom. The number of fused-ring (bicyclic) bond motifs is 2. The number of allylic oxidation sites excluding steroid dienone is 2. The van der Waals surface area contributed by atoms with Crippen molar-refractivity contribution in [3.63, 3.8) is 0 Å². The normalized spacial score (nSPS) is 16.9. The van der Waals surface area contributed by atoms with Crippen LogP contribution in [0.3, 0.4) is 0 Å². The van der Waals surface area contributed by atoms with E-state index >= 15 is 0 Å². The second kappa shape index (κ2) is 7.29. The van der Waals surface area contributed by atoms with E-state index in [9.17, 15) is 8.42 Å². The maximum atomic E-state index is 13.1. The Hall–Kier alpha value is -3.26. The standard InChI is InChI=1S/C21H21N3O4S/c1-23-19-5-4-12-24(14-15-6-8-16(27-2)9-7-15)21(19)22-18-13-17(28-3)10-11-20(18)29(23,25)26/h4-13H,14H2,1-3H3. The number of likely N-dealkylation sites (N-methyl/N-ethyl adjacent to an activating group) is 1. The monoisotopic (exact) mass is 411 g/mol. The first-order valence-electron chi connectivity index (χ1n) is 8.98. The molecule has 2 aliphatic rings. The van der Waals surface area contributed by atoms with Crippen LogP contribution in [0.5, 0.6) is 11.5 Å². The maximum Gasteiger partial charge on any atom is 0.266 e. The van der Waals surface area contributed by atoms with E-state index in [-0.39, 0.29) is 4.90 Å². The van der Waals surface area contributed by atoms with Crippen LogP contribution in [0.25, 0.3) is 0 Å². The first kappa shape index (κ1) is 19.1. The molecule has 7 nitrogen and oxygen atoms in total. The smallest absolute Gasteiger partial charge is 0.266 e. The van der Waals surface area contributed by atoms with E-state index in [0.29, 0.717) is 29.5 Å². The number of aliphatic imine (C=N–C) groups is 1. The Balaban J connectivity index is 1.79. The number of ether oxygens (including phenoxy) is 2. The molecule has 2 aromatic rings. The van der Waals surface area contributed by atoms with E-state index < -0.39 is 10.0 Å². The third-order valence-corrected chi connectivity index (χ3v) is 6.72. The topological polar surface area (TPSA) is 71.4 Å². The van der Waals surface area contributed by atoms with Crippen LogP contribution in [0.4, 0.5) is 5.69 Å². The molecule has 0 spiro atoms. The maximum absolute atomic E-state index is 13.1. The molecule has 0 N–H and O–H groups in total. The number of hydrogen-bond acceptors (Lipinski definition) is 6. The zero-order chi connectivity index (χ0) is 20.6. The van der Waals surface area contributed by atoms with Gasteiger partial charge < -0.3 is 14.4 Å². The highest BCUT2D eigenvalue weighted by atomic mass is 32.2. The van der Waals surface area contributed by atoms with Gasteiger partial charge in [0.2, 0.25) is 0 Å². The van der Waals surface area contributed by atoms with Crippen LogP contribution in [0.1, 0.15) is 5.56 Å². The van der Waals surface area contributed by atoms with Crippen molar-refractivity contribution in [2.45, 2.75) is 11.4 Å². The highest BCUT2D eigenvalue weighted by Crippen LogP contribution is 2.37. The molecule has 150 valence electrons. The van der Waals surface area contributed by atoms with Crippen LogP contribution in [-0.2, 0) is 16.6 Å². The van der Waals surface area contributed by atoms with Crippen LogP contribution in [0.2, 0.25) is 0 Å². The van der Waals surface area contributed by atoms with Crippen molar-refractivity contribution in [1.82, 2.24) is 9.21 Å². The number of amidine groups is 1. The Kier molecular flexibility index (Phi) is 4.79. The zero-order valence-corrected chi connectivity index (χ0v) is 17.2. The average molecular weight is 411 g/mol. The van der Waals surface area contributed by atoms with Crippen molar-refractivity contribution in [2.75, 3.05) is 21.3 Å². The Labute approximate surface area is 170 Å². The molecule has 4 rings (SSSR count). The highest BCUT2D eigenvalue weighted by Gasteiger charge is 2.34. The molecule has 0 aromatic heterocycles. The summed E-state index contributed by atoms with van der Waals surface area (Å²) in [7, 11) is 0.968. The lowest BCUT2D eigenvalue weighted by atomic mass is 10.1. The Morgan fingerprint density at radius 3 is 2.38 bits per heavy atom. The molecule has 0 radical (unpaired) electrons. The molecular weight excluding hydrogens is 390 g/mol. The summed E-state index contributed by atoms with van der Waals surface area (Å²) >= 11 is 0. The van der Waals surface area contributed by atoms with Crippen molar-refractivity contribution in [3.8, 4) is 11.5 Å². The molecular formula is C21H21N3O4S. The summed E-state index contributed by atoms with van der Waals surface area (Å²) in [5.74, 6) is 1.88. The first-order chi connectivity index (χ1) is 13.9. The Morgan fingerprint density at radius 2 is 1.69 bits per heavy atom. The van der Waals surface area contributed by atoms with Gasteiger partial charge in [0.15, 0.2) is 5.84 Å². The molecule has 0 amide bonds. The van der Waals surface area contributed by atoms with Gasteiger partial charge >= 0.3 is 0 Å². The van der Waals surface area contributed by atoms with Crippen LogP contribution >= 0.6 is 0 Å². The minimum absolute atomic E-state index is 0.146. The van der Waals surface area contributed by atoms with Gasteiger partial charge in [-0.25, -0.2) is 13.4 Å². The second-order valence-corrected chi connectivity index (χ2v) is 8.55. The zero-order valence-electron chi connectivity index (χ0n) is 16.4. The fourth-order valence-electron chi connectivity index (χ4n) is 3.27. The molecule has 0 aliphatic carbocycles. The molecule has 8 heteroatoms. The summed E-state index contributed by atoms with van der Waals surface area (Å²) in [6.07, 6.45) is 5.46. The predicted molar refractivity (Wildman–Crippen MR) is 111 cm³/mol. The summed E-state index contributed by atoms with van der Waals surface area (Å²) < 4.78 is 38.0. The van der Waals surface area contributed by atoms with Gasteiger partial charge in [-0.3, -0.25) is 4.31 Å². The van der Waals surface area contributed by atoms with Crippen LogP contribution in [-0.4, -0.2) is 44.7 Å². The van der Waals surface area contributed by atoms with Crippen molar-refractivity contribution in [2.24, 2.45) is 4.99 Å². The number of sulfonamides is 1. The Bertz CT molecular complexity index is 1140. The molecule has 0 fully saturated rings. The molecule has 2 aromatic carbocycles. The van der Waals surface area contributed by atoms with Gasteiger partial charge in [0.25, 0.3) is 10.0 Å². The van der Waals surface area contributed by atoms with Gasteiger partial charge in [0.05, 0.1) is 25.6 Å². The van der Waals surface area contributed by atoms with Crippen LogP contribution in [0, 0.1) is 0 Å². The summed E-state index contributed by atoms with van der Waals surface area (Å²) in [5, 5.41) is 0. The highest BCUT2D eigenvalue weighted by molar-refractivity contribution is 7.89. The second-order valence-electron chi connectivity index (χ2n) is 6.61. The van der Waals surface area contributed by atoms with Crippen molar-refractivity contribution in [1.29, 1.82) is 0 Å². The van der Waals surface area contributed by atoms with E-state index in [1.807, 2.05) is 41.4 Å². The molecule has 2 aliphatic heterocycles. The van der Waals surface area contributed by atoms with Gasteiger partial charge in [0, 0.05) is 25.9 Å². The van der Waals surface area contributed by atoms with Crippen molar-refractivity contribution >= 4 is 21.5 Å². The number of nitrogens with zero attached hydrogens (tertiary/aromatic N) is 3. The molecule has 2 heterocycles. The number of hydrogen-bond donors (Lipinski definition) is 0. The van der Waals surface area contributed by atoms with Crippen molar-refractivity contribution in [3.05, 3.63) is 72.1 Å².